The van der Waals surface area contributed by atoms with Gasteiger partial charge in [-0.2, -0.15) is 0 Å². The summed E-state index contributed by atoms with van der Waals surface area (Å²) in [6, 6.07) is 4.41. The normalized spacial score (nSPS) is 18.5. The SMILES string of the molecule is Cl.O=C(NCC1CCCNC1)c1ccc(Br)c(F)c1. The molecule has 3 nitrogen and oxygen atoms in total. The van der Waals surface area contributed by atoms with Crippen molar-refractivity contribution in [2.75, 3.05) is 19.6 Å². The molecule has 2 rings (SSSR count). The highest BCUT2D eigenvalue weighted by Crippen LogP contribution is 2.16. The van der Waals surface area contributed by atoms with Gasteiger partial charge in [0.1, 0.15) is 5.82 Å². The van der Waals surface area contributed by atoms with Crippen molar-refractivity contribution in [3.63, 3.8) is 0 Å². The molecule has 0 saturated carbocycles. The third-order valence-corrected chi connectivity index (χ3v) is 3.78. The van der Waals surface area contributed by atoms with Crippen LogP contribution in [0.15, 0.2) is 22.7 Å². The van der Waals surface area contributed by atoms with E-state index in [0.29, 0.717) is 22.5 Å². The molecular weight excluding hydrogens is 335 g/mol. The highest BCUT2D eigenvalue weighted by molar-refractivity contribution is 9.10. The topological polar surface area (TPSA) is 41.1 Å². The van der Waals surface area contributed by atoms with E-state index in [1.165, 1.54) is 6.07 Å². The highest BCUT2D eigenvalue weighted by atomic mass is 79.9. The van der Waals surface area contributed by atoms with Crippen molar-refractivity contribution in [1.82, 2.24) is 10.6 Å². The number of hydrogen-bond donors (Lipinski definition) is 2. The van der Waals surface area contributed by atoms with Crippen molar-refractivity contribution in [2.45, 2.75) is 12.8 Å². The van der Waals surface area contributed by atoms with Crippen LogP contribution in [0.2, 0.25) is 0 Å². The molecule has 0 aromatic heterocycles. The predicted octanol–water partition coefficient (Wildman–Crippen LogP) is 2.74. The second-order valence-corrected chi connectivity index (χ2v) is 5.41. The van der Waals surface area contributed by atoms with E-state index < -0.39 is 5.82 Å². The first-order chi connectivity index (χ1) is 8.66. The van der Waals surface area contributed by atoms with Crippen LogP contribution >= 0.6 is 28.3 Å². The van der Waals surface area contributed by atoms with Crippen LogP contribution in [0.1, 0.15) is 23.2 Å². The summed E-state index contributed by atoms with van der Waals surface area (Å²) in [4.78, 5) is 11.8. The molecule has 0 radical (unpaired) electrons. The maximum atomic E-state index is 13.3. The number of hydrogen-bond acceptors (Lipinski definition) is 2. The third-order valence-electron chi connectivity index (χ3n) is 3.13. The van der Waals surface area contributed by atoms with E-state index in [-0.39, 0.29) is 18.3 Å². The van der Waals surface area contributed by atoms with Gasteiger partial charge in [0.05, 0.1) is 4.47 Å². The van der Waals surface area contributed by atoms with Gasteiger partial charge in [-0.25, -0.2) is 4.39 Å². The van der Waals surface area contributed by atoms with Crippen molar-refractivity contribution in [1.29, 1.82) is 0 Å². The Labute approximate surface area is 126 Å². The molecule has 106 valence electrons. The zero-order chi connectivity index (χ0) is 13.0. The minimum Gasteiger partial charge on any atom is -0.352 e. The molecule has 1 atom stereocenters. The molecule has 1 aromatic rings. The van der Waals surface area contributed by atoms with E-state index in [0.717, 1.165) is 25.9 Å². The fourth-order valence-corrected chi connectivity index (χ4v) is 2.32. The maximum absolute atomic E-state index is 13.3. The van der Waals surface area contributed by atoms with Gasteiger partial charge in [-0.05, 0) is 66.0 Å². The van der Waals surface area contributed by atoms with Gasteiger partial charge in [-0.15, -0.1) is 12.4 Å². The largest absolute Gasteiger partial charge is 0.352 e. The Hall–Kier alpha value is -0.650. The minimum absolute atomic E-state index is 0. The Balaban J connectivity index is 0.00000180. The fraction of sp³-hybridized carbons (Fsp3) is 0.462. The third kappa shape index (κ3) is 4.75. The standard InChI is InChI=1S/C13H16BrFN2O.ClH/c14-11-4-3-10(6-12(11)15)13(18)17-8-9-2-1-5-16-7-9;/h3-4,6,9,16H,1-2,5,7-8H2,(H,17,18);1H. The van der Waals surface area contributed by atoms with Gasteiger partial charge in [-0.1, -0.05) is 0 Å². The number of nitrogens with one attached hydrogen (secondary N) is 2. The molecule has 0 aliphatic carbocycles. The van der Waals surface area contributed by atoms with E-state index in [1.807, 2.05) is 0 Å². The zero-order valence-electron chi connectivity index (χ0n) is 10.4. The molecule has 0 bridgehead atoms. The Kier molecular flexibility index (Phi) is 6.75. The number of rotatable bonds is 3. The minimum atomic E-state index is -0.415. The first-order valence-corrected chi connectivity index (χ1v) is 6.90. The summed E-state index contributed by atoms with van der Waals surface area (Å²) >= 11 is 3.07. The van der Waals surface area contributed by atoms with Gasteiger partial charge in [0, 0.05) is 12.1 Å². The lowest BCUT2D eigenvalue weighted by Gasteiger charge is -2.22. The van der Waals surface area contributed by atoms with Crippen LogP contribution in [-0.2, 0) is 0 Å². The van der Waals surface area contributed by atoms with Crippen molar-refractivity contribution in [2.24, 2.45) is 5.92 Å². The molecular formula is C13H17BrClFN2O. The summed E-state index contributed by atoms with van der Waals surface area (Å²) < 4.78 is 13.7. The lowest BCUT2D eigenvalue weighted by atomic mass is 10.00. The van der Waals surface area contributed by atoms with Gasteiger partial charge in [-0.3, -0.25) is 4.79 Å². The number of benzene rings is 1. The average Bonchev–Trinajstić information content (AvgIpc) is 2.40. The van der Waals surface area contributed by atoms with Gasteiger partial charge in [0.25, 0.3) is 5.91 Å². The lowest BCUT2D eigenvalue weighted by Crippen LogP contribution is -2.38. The summed E-state index contributed by atoms with van der Waals surface area (Å²) in [5.74, 6) is -0.156. The van der Waals surface area contributed by atoms with Crippen LogP contribution < -0.4 is 10.6 Å². The number of carbonyl (C=O) groups is 1. The number of halogens is 3. The maximum Gasteiger partial charge on any atom is 0.251 e. The smallest absolute Gasteiger partial charge is 0.251 e. The molecule has 1 amide bonds. The van der Waals surface area contributed by atoms with Crippen LogP contribution in [0.3, 0.4) is 0 Å². The molecule has 1 aliphatic rings. The van der Waals surface area contributed by atoms with Crippen molar-refractivity contribution >= 4 is 34.2 Å². The zero-order valence-corrected chi connectivity index (χ0v) is 12.8. The summed E-state index contributed by atoms with van der Waals surface area (Å²) in [5, 5.41) is 6.15. The summed E-state index contributed by atoms with van der Waals surface area (Å²) in [7, 11) is 0. The molecule has 0 spiro atoms. The van der Waals surface area contributed by atoms with E-state index >= 15 is 0 Å². The quantitative estimate of drug-likeness (QED) is 0.879. The molecule has 2 N–H and O–H groups in total. The van der Waals surface area contributed by atoms with Crippen LogP contribution in [0.5, 0.6) is 0 Å². The summed E-state index contributed by atoms with van der Waals surface area (Å²) in [6.07, 6.45) is 2.27. The number of piperidine rings is 1. The Morgan fingerprint density at radius 1 is 1.53 bits per heavy atom. The van der Waals surface area contributed by atoms with Gasteiger partial charge >= 0.3 is 0 Å². The van der Waals surface area contributed by atoms with E-state index in [2.05, 4.69) is 26.6 Å². The van der Waals surface area contributed by atoms with Gasteiger partial charge in [0.15, 0.2) is 0 Å². The first kappa shape index (κ1) is 16.4. The van der Waals surface area contributed by atoms with Crippen LogP contribution in [0.25, 0.3) is 0 Å². The summed E-state index contributed by atoms with van der Waals surface area (Å²) in [5.41, 5.74) is 0.361. The fourth-order valence-electron chi connectivity index (χ4n) is 2.07. The Morgan fingerprint density at radius 2 is 2.32 bits per heavy atom. The van der Waals surface area contributed by atoms with Crippen molar-refractivity contribution in [3.05, 3.63) is 34.1 Å². The van der Waals surface area contributed by atoms with E-state index in [9.17, 15) is 9.18 Å². The molecule has 1 aliphatic heterocycles. The van der Waals surface area contributed by atoms with Crippen LogP contribution in [-0.4, -0.2) is 25.5 Å². The second-order valence-electron chi connectivity index (χ2n) is 4.55. The van der Waals surface area contributed by atoms with E-state index in [1.54, 1.807) is 12.1 Å². The number of amides is 1. The highest BCUT2D eigenvalue weighted by Gasteiger charge is 2.15. The molecule has 1 saturated heterocycles. The number of carbonyl (C=O) groups excluding carboxylic acids is 1. The summed E-state index contributed by atoms with van der Waals surface area (Å²) in [6.45, 7) is 2.64. The van der Waals surface area contributed by atoms with Gasteiger partial charge < -0.3 is 10.6 Å². The molecule has 6 heteroatoms. The van der Waals surface area contributed by atoms with Gasteiger partial charge in [0.2, 0.25) is 0 Å². The molecule has 1 heterocycles. The van der Waals surface area contributed by atoms with Crippen LogP contribution in [0.4, 0.5) is 4.39 Å². The molecule has 1 aromatic carbocycles. The van der Waals surface area contributed by atoms with Crippen LogP contribution in [0, 0.1) is 11.7 Å². The molecule has 1 unspecified atom stereocenters. The Morgan fingerprint density at radius 3 is 2.95 bits per heavy atom. The van der Waals surface area contributed by atoms with Crippen molar-refractivity contribution < 1.29 is 9.18 Å². The van der Waals surface area contributed by atoms with Crippen molar-refractivity contribution in [3.8, 4) is 0 Å². The second kappa shape index (κ2) is 7.82. The predicted molar refractivity (Wildman–Crippen MR) is 79.3 cm³/mol. The average molecular weight is 352 g/mol. The molecule has 19 heavy (non-hydrogen) atoms. The Bertz CT molecular complexity index is 439. The lowest BCUT2D eigenvalue weighted by molar-refractivity contribution is 0.0944. The van der Waals surface area contributed by atoms with E-state index in [4.69, 9.17) is 0 Å². The first-order valence-electron chi connectivity index (χ1n) is 6.11. The molecule has 1 fully saturated rings. The monoisotopic (exact) mass is 350 g/mol.